The number of halogens is 2. The zero-order chi connectivity index (χ0) is 14.8. The Morgan fingerprint density at radius 3 is 2.70 bits per heavy atom. The Hall–Kier alpha value is -1.10. The van der Waals surface area contributed by atoms with E-state index in [-0.39, 0.29) is 5.92 Å². The summed E-state index contributed by atoms with van der Waals surface area (Å²) < 4.78 is 1.61. The predicted molar refractivity (Wildman–Crippen MR) is 79.8 cm³/mol. The van der Waals surface area contributed by atoms with Crippen LogP contribution in [0.15, 0.2) is 30.9 Å². The highest BCUT2D eigenvalue weighted by Gasteiger charge is 2.37. The van der Waals surface area contributed by atoms with Crippen molar-refractivity contribution in [1.29, 1.82) is 0 Å². The quantitative estimate of drug-likeness (QED) is 0.918. The number of hydrogen-bond acceptors (Lipinski definition) is 3. The zero-order valence-corrected chi connectivity index (χ0v) is 12.9. The largest absolute Gasteiger partial charge is 0.383 e. The van der Waals surface area contributed by atoms with E-state index in [0.29, 0.717) is 22.2 Å². The molecule has 0 radical (unpaired) electrons. The van der Waals surface area contributed by atoms with Crippen LogP contribution in [0.4, 0.5) is 0 Å². The Bertz CT molecular complexity index is 574. The molecule has 1 heterocycles. The van der Waals surface area contributed by atoms with Gasteiger partial charge in [0.05, 0.1) is 6.54 Å². The fourth-order valence-corrected chi connectivity index (χ4v) is 2.82. The summed E-state index contributed by atoms with van der Waals surface area (Å²) in [7, 11) is 0. The molecule has 0 aliphatic rings. The van der Waals surface area contributed by atoms with Gasteiger partial charge in [0.25, 0.3) is 0 Å². The normalized spacial score (nSPS) is 15.8. The van der Waals surface area contributed by atoms with Crippen molar-refractivity contribution in [3.63, 3.8) is 0 Å². The second kappa shape index (κ2) is 6.12. The maximum absolute atomic E-state index is 11.2. The van der Waals surface area contributed by atoms with Crippen LogP contribution in [-0.4, -0.2) is 19.9 Å². The van der Waals surface area contributed by atoms with Crippen LogP contribution in [0.5, 0.6) is 0 Å². The third kappa shape index (κ3) is 2.97. The minimum Gasteiger partial charge on any atom is -0.383 e. The van der Waals surface area contributed by atoms with Gasteiger partial charge in [-0.15, -0.1) is 0 Å². The van der Waals surface area contributed by atoms with Crippen LogP contribution in [0.3, 0.4) is 0 Å². The van der Waals surface area contributed by atoms with Gasteiger partial charge in [-0.25, -0.2) is 9.67 Å². The van der Waals surface area contributed by atoms with Crippen molar-refractivity contribution in [2.75, 3.05) is 0 Å². The summed E-state index contributed by atoms with van der Waals surface area (Å²) in [6.07, 6.45) is 3.84. The first-order valence-corrected chi connectivity index (χ1v) is 7.23. The molecule has 20 heavy (non-hydrogen) atoms. The van der Waals surface area contributed by atoms with Gasteiger partial charge >= 0.3 is 0 Å². The molecule has 0 spiro atoms. The van der Waals surface area contributed by atoms with Gasteiger partial charge in [0.15, 0.2) is 0 Å². The number of nitrogens with zero attached hydrogens (tertiary/aromatic N) is 3. The molecule has 6 heteroatoms. The Balaban J connectivity index is 2.45. The molecule has 0 saturated heterocycles. The molecule has 1 N–H and O–H groups in total. The van der Waals surface area contributed by atoms with E-state index in [1.807, 2.05) is 13.8 Å². The Kier molecular flexibility index (Phi) is 4.68. The van der Waals surface area contributed by atoms with E-state index in [1.165, 1.54) is 6.33 Å². The molecule has 0 bridgehead atoms. The van der Waals surface area contributed by atoms with Gasteiger partial charge < -0.3 is 5.11 Å². The lowest BCUT2D eigenvalue weighted by Crippen LogP contribution is -2.38. The molecular weight excluding hydrogens is 297 g/mol. The monoisotopic (exact) mass is 313 g/mol. The van der Waals surface area contributed by atoms with Crippen LogP contribution in [0.1, 0.15) is 25.8 Å². The van der Waals surface area contributed by atoms with Crippen molar-refractivity contribution < 1.29 is 5.11 Å². The highest BCUT2D eigenvalue weighted by molar-refractivity contribution is 6.35. The topological polar surface area (TPSA) is 50.9 Å². The summed E-state index contributed by atoms with van der Waals surface area (Å²) in [5, 5.41) is 16.3. The van der Waals surface area contributed by atoms with Gasteiger partial charge in [0.2, 0.25) is 0 Å². The van der Waals surface area contributed by atoms with Gasteiger partial charge in [-0.1, -0.05) is 49.5 Å². The van der Waals surface area contributed by atoms with Gasteiger partial charge in [0, 0.05) is 15.6 Å². The molecular formula is C14H17Cl2N3O. The van der Waals surface area contributed by atoms with E-state index < -0.39 is 5.60 Å². The number of hydrogen-bond donors (Lipinski definition) is 1. The summed E-state index contributed by atoms with van der Waals surface area (Å²) in [5.74, 6) is 0.00498. The van der Waals surface area contributed by atoms with E-state index in [9.17, 15) is 5.11 Å². The lowest BCUT2D eigenvalue weighted by Gasteiger charge is -2.34. The molecule has 1 aromatic carbocycles. The molecule has 0 saturated carbocycles. The van der Waals surface area contributed by atoms with E-state index in [1.54, 1.807) is 29.2 Å². The highest BCUT2D eigenvalue weighted by atomic mass is 35.5. The first-order valence-electron chi connectivity index (χ1n) is 6.47. The lowest BCUT2D eigenvalue weighted by molar-refractivity contribution is -0.0373. The molecule has 0 fully saturated rings. The van der Waals surface area contributed by atoms with Crippen LogP contribution >= 0.6 is 23.2 Å². The van der Waals surface area contributed by atoms with Crippen molar-refractivity contribution in [2.24, 2.45) is 5.92 Å². The Morgan fingerprint density at radius 1 is 1.40 bits per heavy atom. The minimum atomic E-state index is -1.12. The summed E-state index contributed by atoms with van der Waals surface area (Å²) in [6, 6.07) is 5.15. The van der Waals surface area contributed by atoms with Gasteiger partial charge in [-0.2, -0.15) is 5.10 Å². The number of rotatable bonds is 5. The number of aliphatic hydroxyl groups is 1. The maximum atomic E-state index is 11.2. The maximum Gasteiger partial charge on any atom is 0.137 e. The predicted octanol–water partition coefficient (Wildman–Crippen LogP) is 3.52. The molecule has 2 atom stereocenters. The Labute approximate surface area is 128 Å². The average Bonchev–Trinajstić information content (AvgIpc) is 2.90. The molecule has 2 aromatic rings. The van der Waals surface area contributed by atoms with Crippen LogP contribution < -0.4 is 0 Å². The fraction of sp³-hybridized carbons (Fsp3) is 0.429. The Morgan fingerprint density at radius 2 is 2.15 bits per heavy atom. The van der Waals surface area contributed by atoms with Crippen LogP contribution in [-0.2, 0) is 12.1 Å². The van der Waals surface area contributed by atoms with Crippen molar-refractivity contribution >= 4 is 23.2 Å². The molecule has 4 nitrogen and oxygen atoms in total. The average molecular weight is 314 g/mol. The second-order valence-corrected chi connectivity index (χ2v) is 5.79. The van der Waals surface area contributed by atoms with Gasteiger partial charge in [-0.05, 0) is 18.1 Å². The van der Waals surface area contributed by atoms with Crippen LogP contribution in [0.2, 0.25) is 10.0 Å². The molecule has 0 aliphatic carbocycles. The van der Waals surface area contributed by atoms with Gasteiger partial charge in [-0.3, -0.25) is 0 Å². The first-order chi connectivity index (χ1) is 9.47. The van der Waals surface area contributed by atoms with Crippen molar-refractivity contribution in [3.05, 3.63) is 46.5 Å². The van der Waals surface area contributed by atoms with Crippen LogP contribution in [0, 0.1) is 5.92 Å². The molecule has 0 amide bonds. The van der Waals surface area contributed by atoms with E-state index in [4.69, 9.17) is 23.2 Å². The van der Waals surface area contributed by atoms with Crippen molar-refractivity contribution in [2.45, 2.75) is 32.4 Å². The number of benzene rings is 1. The SMILES string of the molecule is CCC(C)C(O)(Cn1cncn1)c1ccc(Cl)cc1Cl. The van der Waals surface area contributed by atoms with Crippen molar-refractivity contribution in [3.8, 4) is 0 Å². The molecule has 2 unspecified atom stereocenters. The standard InChI is InChI=1S/C14H17Cl2N3O/c1-3-10(2)14(20,7-19-9-17-8-18-19)12-5-4-11(15)6-13(12)16/h4-6,8-10,20H,3,7H2,1-2H3. The van der Waals surface area contributed by atoms with E-state index >= 15 is 0 Å². The summed E-state index contributed by atoms with van der Waals surface area (Å²) in [4.78, 5) is 3.91. The first kappa shape index (κ1) is 15.3. The van der Waals surface area contributed by atoms with Crippen molar-refractivity contribution in [1.82, 2.24) is 14.8 Å². The van der Waals surface area contributed by atoms with Crippen LogP contribution in [0.25, 0.3) is 0 Å². The molecule has 1 aromatic heterocycles. The highest BCUT2D eigenvalue weighted by Crippen LogP contribution is 2.38. The van der Waals surface area contributed by atoms with E-state index in [2.05, 4.69) is 10.1 Å². The number of aromatic nitrogens is 3. The summed E-state index contributed by atoms with van der Waals surface area (Å²) in [6.45, 7) is 4.31. The zero-order valence-electron chi connectivity index (χ0n) is 11.4. The smallest absolute Gasteiger partial charge is 0.137 e. The lowest BCUT2D eigenvalue weighted by atomic mass is 9.80. The minimum absolute atomic E-state index is 0.00498. The third-order valence-electron chi connectivity index (χ3n) is 3.69. The van der Waals surface area contributed by atoms with Gasteiger partial charge in [0.1, 0.15) is 18.3 Å². The summed E-state index contributed by atoms with van der Waals surface area (Å²) in [5.41, 5.74) is -0.460. The third-order valence-corrected chi connectivity index (χ3v) is 4.24. The van der Waals surface area contributed by atoms with E-state index in [0.717, 1.165) is 6.42 Å². The molecule has 2 rings (SSSR count). The second-order valence-electron chi connectivity index (χ2n) is 4.95. The fourth-order valence-electron chi connectivity index (χ4n) is 2.25. The summed E-state index contributed by atoms with van der Waals surface area (Å²) >= 11 is 12.2. The molecule has 108 valence electrons. The molecule has 0 aliphatic heterocycles.